The lowest BCUT2D eigenvalue weighted by molar-refractivity contribution is -0.142. The highest BCUT2D eigenvalue weighted by molar-refractivity contribution is 7.99. The van der Waals surface area contributed by atoms with Gasteiger partial charge in [-0.15, -0.1) is 10.2 Å². The Kier molecular flexibility index (Phi) is 4.26. The number of carboxylic acids is 1. The Morgan fingerprint density at radius 1 is 1.50 bits per heavy atom. The number of carboxylic acid groups (broad SMARTS) is 1. The number of aromatic nitrogens is 3. The summed E-state index contributed by atoms with van der Waals surface area (Å²) >= 11 is 0.898. The highest BCUT2D eigenvalue weighted by atomic mass is 32.2. The van der Waals surface area contributed by atoms with Crippen molar-refractivity contribution in [3.63, 3.8) is 0 Å². The predicted octanol–water partition coefficient (Wildman–Crippen LogP) is 2.85. The Bertz CT molecular complexity index is 500. The van der Waals surface area contributed by atoms with Gasteiger partial charge in [0.2, 0.25) is 0 Å². The van der Waals surface area contributed by atoms with E-state index in [1.54, 1.807) is 0 Å². The van der Waals surface area contributed by atoms with Crippen LogP contribution in [0, 0.1) is 0 Å². The molecule has 9 heteroatoms. The number of nitrogens with zero attached hydrogens (tertiary/aromatic N) is 3. The van der Waals surface area contributed by atoms with Gasteiger partial charge in [-0.05, 0) is 19.8 Å². The van der Waals surface area contributed by atoms with Crippen LogP contribution in [0.2, 0.25) is 0 Å². The van der Waals surface area contributed by atoms with Crippen LogP contribution in [0.15, 0.2) is 5.16 Å². The molecule has 0 saturated heterocycles. The van der Waals surface area contributed by atoms with Gasteiger partial charge in [0.25, 0.3) is 0 Å². The molecule has 0 spiro atoms. The Morgan fingerprint density at radius 2 is 2.15 bits per heavy atom. The fraction of sp³-hybridized carbons (Fsp3) is 0.727. The van der Waals surface area contributed by atoms with Gasteiger partial charge >= 0.3 is 12.1 Å². The zero-order chi connectivity index (χ0) is 14.9. The topological polar surface area (TPSA) is 68.0 Å². The Hall–Kier alpha value is -1.25. The number of halogens is 3. The molecule has 1 atom stereocenters. The summed E-state index contributed by atoms with van der Waals surface area (Å²) in [6.45, 7) is 1.45. The predicted molar refractivity (Wildman–Crippen MR) is 65.7 cm³/mol. The first-order chi connectivity index (χ1) is 9.28. The van der Waals surface area contributed by atoms with Crippen molar-refractivity contribution in [1.82, 2.24) is 14.8 Å². The molecule has 1 aromatic rings. The van der Waals surface area contributed by atoms with E-state index < -0.39 is 24.6 Å². The lowest BCUT2D eigenvalue weighted by Crippen LogP contribution is -2.19. The summed E-state index contributed by atoms with van der Waals surface area (Å²) in [5.74, 6) is -0.602. The molecule has 1 fully saturated rings. The number of hydrogen-bond acceptors (Lipinski definition) is 4. The maximum atomic E-state index is 12.5. The monoisotopic (exact) mass is 309 g/mol. The summed E-state index contributed by atoms with van der Waals surface area (Å²) in [7, 11) is 0. The SMILES string of the molecule is CC(CC(F)(F)F)n1c(SCC(=O)O)nnc1C1CC1. The largest absolute Gasteiger partial charge is 0.481 e. The molecular weight excluding hydrogens is 295 g/mol. The number of hydrogen-bond donors (Lipinski definition) is 1. The Labute approximate surface area is 117 Å². The van der Waals surface area contributed by atoms with E-state index in [0.29, 0.717) is 5.82 Å². The maximum absolute atomic E-state index is 12.5. The van der Waals surface area contributed by atoms with Crippen molar-refractivity contribution >= 4 is 17.7 Å². The maximum Gasteiger partial charge on any atom is 0.391 e. The van der Waals surface area contributed by atoms with Crippen molar-refractivity contribution in [3.8, 4) is 0 Å². The van der Waals surface area contributed by atoms with E-state index in [1.165, 1.54) is 11.5 Å². The van der Waals surface area contributed by atoms with Crippen LogP contribution in [0.25, 0.3) is 0 Å². The van der Waals surface area contributed by atoms with E-state index in [-0.39, 0.29) is 16.8 Å². The molecule has 1 aliphatic carbocycles. The van der Waals surface area contributed by atoms with Crippen molar-refractivity contribution in [2.45, 2.75) is 49.5 Å². The highest BCUT2D eigenvalue weighted by Crippen LogP contribution is 2.42. The van der Waals surface area contributed by atoms with E-state index in [0.717, 1.165) is 24.6 Å². The summed E-state index contributed by atoms with van der Waals surface area (Å²) in [5, 5.41) is 16.7. The molecular formula is C11H14F3N3O2S. The molecule has 0 radical (unpaired) electrons. The fourth-order valence-electron chi connectivity index (χ4n) is 1.97. The average molecular weight is 309 g/mol. The average Bonchev–Trinajstić information content (AvgIpc) is 3.04. The van der Waals surface area contributed by atoms with Crippen molar-refractivity contribution in [3.05, 3.63) is 5.82 Å². The van der Waals surface area contributed by atoms with Crippen molar-refractivity contribution in [2.75, 3.05) is 5.75 Å². The molecule has 2 rings (SSSR count). The van der Waals surface area contributed by atoms with Crippen LogP contribution in [-0.2, 0) is 4.79 Å². The lowest BCUT2D eigenvalue weighted by atomic mass is 10.2. The van der Waals surface area contributed by atoms with Gasteiger partial charge in [-0.3, -0.25) is 4.79 Å². The summed E-state index contributed by atoms with van der Waals surface area (Å²) in [6, 6.07) is -0.836. The molecule has 1 saturated carbocycles. The summed E-state index contributed by atoms with van der Waals surface area (Å²) in [4.78, 5) is 10.6. The van der Waals surface area contributed by atoms with Crippen LogP contribution < -0.4 is 0 Å². The molecule has 1 unspecified atom stereocenters. The first-order valence-corrected chi connectivity index (χ1v) is 7.12. The second-order valence-corrected chi connectivity index (χ2v) is 5.78. The molecule has 112 valence electrons. The molecule has 0 amide bonds. The minimum absolute atomic E-state index is 0.150. The molecule has 0 bridgehead atoms. The summed E-state index contributed by atoms with van der Waals surface area (Å²) in [6.07, 6.45) is -3.48. The molecule has 1 aliphatic rings. The van der Waals surface area contributed by atoms with Crippen LogP contribution in [0.3, 0.4) is 0 Å². The van der Waals surface area contributed by atoms with Gasteiger partial charge in [0.15, 0.2) is 5.16 Å². The third-order valence-corrected chi connectivity index (χ3v) is 3.85. The molecule has 1 N–H and O–H groups in total. The minimum Gasteiger partial charge on any atom is -0.481 e. The normalized spacial score (nSPS) is 17.2. The molecule has 1 heterocycles. The summed E-state index contributed by atoms with van der Waals surface area (Å²) in [5.41, 5.74) is 0. The van der Waals surface area contributed by atoms with Crippen molar-refractivity contribution in [2.24, 2.45) is 0 Å². The van der Waals surface area contributed by atoms with Crippen molar-refractivity contribution < 1.29 is 23.1 Å². The number of alkyl halides is 3. The van der Waals surface area contributed by atoms with Gasteiger partial charge < -0.3 is 9.67 Å². The van der Waals surface area contributed by atoms with E-state index in [2.05, 4.69) is 10.2 Å². The van der Waals surface area contributed by atoms with E-state index in [1.807, 2.05) is 0 Å². The highest BCUT2D eigenvalue weighted by Gasteiger charge is 2.36. The second kappa shape index (κ2) is 5.63. The zero-order valence-corrected chi connectivity index (χ0v) is 11.5. The smallest absolute Gasteiger partial charge is 0.391 e. The van der Waals surface area contributed by atoms with Crippen LogP contribution in [-0.4, -0.2) is 37.8 Å². The van der Waals surface area contributed by atoms with Crippen LogP contribution in [0.5, 0.6) is 0 Å². The van der Waals surface area contributed by atoms with Gasteiger partial charge in [0, 0.05) is 12.0 Å². The minimum atomic E-state index is -4.28. The Morgan fingerprint density at radius 3 is 2.65 bits per heavy atom. The van der Waals surface area contributed by atoms with Crippen LogP contribution >= 0.6 is 11.8 Å². The molecule has 20 heavy (non-hydrogen) atoms. The second-order valence-electron chi connectivity index (χ2n) is 4.84. The molecule has 0 aromatic carbocycles. The molecule has 0 aliphatic heterocycles. The number of thioether (sulfide) groups is 1. The van der Waals surface area contributed by atoms with Gasteiger partial charge in [0.1, 0.15) is 5.82 Å². The molecule has 5 nitrogen and oxygen atoms in total. The standard InChI is InChI=1S/C11H14F3N3O2S/c1-6(4-11(12,13)14)17-9(7-2-3-7)15-16-10(17)20-5-8(18)19/h6-7H,2-5H2,1H3,(H,18,19). The summed E-state index contributed by atoms with van der Waals surface area (Å²) < 4.78 is 39.1. The third kappa shape index (κ3) is 3.87. The van der Waals surface area contributed by atoms with Gasteiger partial charge in [-0.1, -0.05) is 11.8 Å². The van der Waals surface area contributed by atoms with Crippen molar-refractivity contribution in [1.29, 1.82) is 0 Å². The quantitative estimate of drug-likeness (QED) is 0.818. The fourth-order valence-corrected chi connectivity index (χ4v) is 2.74. The van der Waals surface area contributed by atoms with E-state index in [9.17, 15) is 18.0 Å². The molecule has 1 aromatic heterocycles. The van der Waals surface area contributed by atoms with Gasteiger partial charge in [-0.25, -0.2) is 0 Å². The number of rotatable bonds is 6. The number of aliphatic carboxylic acids is 1. The van der Waals surface area contributed by atoms with E-state index >= 15 is 0 Å². The zero-order valence-electron chi connectivity index (χ0n) is 10.7. The van der Waals surface area contributed by atoms with Gasteiger partial charge in [-0.2, -0.15) is 13.2 Å². The first kappa shape index (κ1) is 15.1. The van der Waals surface area contributed by atoms with Crippen LogP contribution in [0.4, 0.5) is 13.2 Å². The Balaban J connectivity index is 2.22. The van der Waals surface area contributed by atoms with E-state index in [4.69, 9.17) is 5.11 Å². The lowest BCUT2D eigenvalue weighted by Gasteiger charge is -2.19. The third-order valence-electron chi connectivity index (χ3n) is 2.93. The first-order valence-electron chi connectivity index (χ1n) is 6.14. The van der Waals surface area contributed by atoms with Crippen LogP contribution in [0.1, 0.15) is 44.0 Å². The number of carbonyl (C=O) groups is 1. The van der Waals surface area contributed by atoms with Gasteiger partial charge in [0.05, 0.1) is 12.2 Å².